The van der Waals surface area contributed by atoms with E-state index in [0.29, 0.717) is 13.2 Å². The highest BCUT2D eigenvalue weighted by Crippen LogP contribution is 2.37. The van der Waals surface area contributed by atoms with Gasteiger partial charge in [0.15, 0.2) is 0 Å². The van der Waals surface area contributed by atoms with Gasteiger partial charge in [0.05, 0.1) is 17.3 Å². The summed E-state index contributed by atoms with van der Waals surface area (Å²) in [4.78, 5) is 43.1. The van der Waals surface area contributed by atoms with Crippen LogP contribution in [0.2, 0.25) is 0 Å². The van der Waals surface area contributed by atoms with Crippen molar-refractivity contribution in [2.75, 3.05) is 25.0 Å². The highest BCUT2D eigenvalue weighted by Gasteiger charge is 2.34. The van der Waals surface area contributed by atoms with E-state index in [-0.39, 0.29) is 17.5 Å². The fourth-order valence-electron chi connectivity index (χ4n) is 3.95. The van der Waals surface area contributed by atoms with E-state index in [1.165, 1.54) is 6.20 Å². The number of hydrogen-bond acceptors (Lipinski definition) is 6. The van der Waals surface area contributed by atoms with Crippen molar-refractivity contribution in [3.05, 3.63) is 53.9 Å². The molecule has 2 unspecified atom stereocenters. The number of hydrogen-bond donors (Lipinski definition) is 3. The Labute approximate surface area is 180 Å². The van der Waals surface area contributed by atoms with Crippen molar-refractivity contribution < 1.29 is 19.1 Å². The van der Waals surface area contributed by atoms with Gasteiger partial charge in [-0.05, 0) is 48.6 Å². The van der Waals surface area contributed by atoms with Gasteiger partial charge in [0.25, 0.3) is 5.91 Å². The first kappa shape index (κ1) is 20.6. The van der Waals surface area contributed by atoms with Gasteiger partial charge < -0.3 is 15.0 Å². The number of rotatable bonds is 2. The summed E-state index contributed by atoms with van der Waals surface area (Å²) in [5, 5.41) is 3.28. The average molecular weight is 423 g/mol. The lowest BCUT2D eigenvalue weighted by atomic mass is 9.89. The van der Waals surface area contributed by atoms with Crippen LogP contribution < -0.4 is 20.9 Å². The summed E-state index contributed by atoms with van der Waals surface area (Å²) in [5.74, 6) is -1.08. The molecule has 0 bridgehead atoms. The Bertz CT molecular complexity index is 981. The smallest absolute Gasteiger partial charge is 0.327 e. The summed E-state index contributed by atoms with van der Waals surface area (Å²) in [6.07, 6.45) is 4.61. The van der Waals surface area contributed by atoms with Crippen molar-refractivity contribution in [1.82, 2.24) is 20.7 Å². The average Bonchev–Trinajstić information content (AvgIpc) is 2.82. The third-order valence-corrected chi connectivity index (χ3v) is 5.55. The van der Waals surface area contributed by atoms with Crippen LogP contribution >= 0.6 is 0 Å². The Morgan fingerprint density at radius 1 is 1.19 bits per heavy atom. The Morgan fingerprint density at radius 2 is 2.06 bits per heavy atom. The van der Waals surface area contributed by atoms with Crippen LogP contribution in [0.4, 0.5) is 5.69 Å². The molecule has 1 aromatic carbocycles. The number of hydrazine groups is 1. The van der Waals surface area contributed by atoms with Crippen LogP contribution in [0, 0.1) is 5.92 Å². The number of carbonyl (C=O) groups excluding carboxylic acids is 3. The van der Waals surface area contributed by atoms with Gasteiger partial charge >= 0.3 is 11.8 Å². The van der Waals surface area contributed by atoms with E-state index in [1.54, 1.807) is 23.2 Å². The monoisotopic (exact) mass is 423 g/mol. The van der Waals surface area contributed by atoms with E-state index >= 15 is 0 Å². The highest BCUT2D eigenvalue weighted by molar-refractivity contribution is 6.35. The molecule has 3 heterocycles. The number of carbonyl (C=O) groups is 3. The number of piperidine rings is 1. The van der Waals surface area contributed by atoms with Crippen LogP contribution in [0.15, 0.2) is 42.7 Å². The summed E-state index contributed by atoms with van der Waals surface area (Å²) < 4.78 is 5.73. The van der Waals surface area contributed by atoms with E-state index in [0.717, 1.165) is 36.4 Å². The van der Waals surface area contributed by atoms with Crippen molar-refractivity contribution in [1.29, 1.82) is 0 Å². The minimum Gasteiger partial charge on any atom is -0.490 e. The van der Waals surface area contributed by atoms with Gasteiger partial charge in [-0.2, -0.15) is 0 Å². The minimum absolute atomic E-state index is 0.237. The topological polar surface area (TPSA) is 113 Å². The number of pyridine rings is 1. The number of fused-ring (bicyclic) bond motifs is 1. The number of anilines is 1. The van der Waals surface area contributed by atoms with Crippen LogP contribution in [0.25, 0.3) is 0 Å². The lowest BCUT2D eigenvalue weighted by Crippen LogP contribution is -2.52. The van der Waals surface area contributed by atoms with Gasteiger partial charge in [-0.15, -0.1) is 0 Å². The summed E-state index contributed by atoms with van der Waals surface area (Å²) in [6, 6.07) is 8.77. The van der Waals surface area contributed by atoms with E-state index in [1.807, 2.05) is 18.2 Å². The molecule has 9 heteroatoms. The second-order valence-electron chi connectivity index (χ2n) is 7.84. The summed E-state index contributed by atoms with van der Waals surface area (Å²) in [6.45, 7) is 3.85. The number of benzene rings is 1. The van der Waals surface area contributed by atoms with E-state index in [9.17, 15) is 14.4 Å². The molecule has 3 amide bonds. The van der Waals surface area contributed by atoms with Gasteiger partial charge in [0, 0.05) is 25.5 Å². The number of nitrogens with one attached hydrogen (secondary N) is 3. The Morgan fingerprint density at radius 3 is 2.87 bits per heavy atom. The zero-order chi connectivity index (χ0) is 21.8. The van der Waals surface area contributed by atoms with Gasteiger partial charge in [0.2, 0.25) is 0 Å². The first-order valence-corrected chi connectivity index (χ1v) is 10.3. The van der Waals surface area contributed by atoms with E-state index in [2.05, 4.69) is 28.1 Å². The number of aromatic nitrogens is 1. The molecule has 31 heavy (non-hydrogen) atoms. The van der Waals surface area contributed by atoms with Crippen molar-refractivity contribution in [2.45, 2.75) is 25.8 Å². The molecule has 2 atom stereocenters. The number of likely N-dealkylation sites (tertiary alicyclic amines) is 1. The van der Waals surface area contributed by atoms with Gasteiger partial charge in [-0.3, -0.25) is 30.2 Å². The standard InChI is InChI=1S/C22H25N5O4/c1-14-4-7-18(15-5-6-17-19(11-15)31-10-9-24-17)27(13-14)22(30)21(29)26-25-20(28)16-3-2-8-23-12-16/h2-3,5-6,8,11-12,14,18,24H,4,7,9-10,13H2,1H3,(H,25,28)(H,26,29). The maximum Gasteiger partial charge on any atom is 0.327 e. The molecule has 1 fully saturated rings. The lowest BCUT2D eigenvalue weighted by molar-refractivity contribution is -0.149. The zero-order valence-corrected chi connectivity index (χ0v) is 17.3. The predicted octanol–water partition coefficient (Wildman–Crippen LogP) is 1.65. The Balaban J connectivity index is 1.46. The molecule has 2 aliphatic heterocycles. The zero-order valence-electron chi connectivity index (χ0n) is 17.3. The van der Waals surface area contributed by atoms with Crippen LogP contribution in [0.3, 0.4) is 0 Å². The summed E-state index contributed by atoms with van der Waals surface area (Å²) >= 11 is 0. The summed E-state index contributed by atoms with van der Waals surface area (Å²) in [7, 11) is 0. The number of nitrogens with zero attached hydrogens (tertiary/aromatic N) is 2. The number of amides is 3. The molecule has 0 radical (unpaired) electrons. The summed E-state index contributed by atoms with van der Waals surface area (Å²) in [5.41, 5.74) is 6.62. The molecule has 1 saturated heterocycles. The van der Waals surface area contributed by atoms with Crippen LogP contribution in [0.5, 0.6) is 5.75 Å². The van der Waals surface area contributed by atoms with E-state index in [4.69, 9.17) is 4.74 Å². The second-order valence-corrected chi connectivity index (χ2v) is 7.84. The van der Waals surface area contributed by atoms with Crippen LogP contribution in [0.1, 0.15) is 41.7 Å². The molecular formula is C22H25N5O4. The van der Waals surface area contributed by atoms with Crippen molar-refractivity contribution in [3.63, 3.8) is 0 Å². The molecule has 1 aromatic heterocycles. The fourth-order valence-corrected chi connectivity index (χ4v) is 3.95. The van der Waals surface area contributed by atoms with E-state index < -0.39 is 17.7 Å². The molecule has 162 valence electrons. The molecule has 2 aromatic rings. The minimum atomic E-state index is -0.882. The maximum absolute atomic E-state index is 13.0. The highest BCUT2D eigenvalue weighted by atomic mass is 16.5. The van der Waals surface area contributed by atoms with Gasteiger partial charge in [0.1, 0.15) is 12.4 Å². The molecular weight excluding hydrogens is 398 g/mol. The quantitative estimate of drug-likeness (QED) is 0.500. The third kappa shape index (κ3) is 4.60. The van der Waals surface area contributed by atoms with Crippen molar-refractivity contribution >= 4 is 23.4 Å². The predicted molar refractivity (Wildman–Crippen MR) is 113 cm³/mol. The Hall–Kier alpha value is -3.62. The first-order valence-electron chi connectivity index (χ1n) is 10.3. The first-order chi connectivity index (χ1) is 15.0. The van der Waals surface area contributed by atoms with Crippen LogP contribution in [-0.2, 0) is 9.59 Å². The Kier molecular flexibility index (Phi) is 6.01. The third-order valence-electron chi connectivity index (χ3n) is 5.55. The van der Waals surface area contributed by atoms with Crippen LogP contribution in [-0.4, -0.2) is 47.3 Å². The van der Waals surface area contributed by atoms with Gasteiger partial charge in [-0.25, -0.2) is 0 Å². The van der Waals surface area contributed by atoms with Gasteiger partial charge in [-0.1, -0.05) is 13.0 Å². The normalized spacial score (nSPS) is 20.0. The van der Waals surface area contributed by atoms with Crippen molar-refractivity contribution in [2.24, 2.45) is 5.92 Å². The molecule has 0 saturated carbocycles. The molecule has 2 aliphatic rings. The molecule has 3 N–H and O–H groups in total. The number of ether oxygens (including phenoxy) is 1. The lowest BCUT2D eigenvalue weighted by Gasteiger charge is -2.38. The molecule has 9 nitrogen and oxygen atoms in total. The second kappa shape index (κ2) is 9.03. The fraction of sp³-hybridized carbons (Fsp3) is 0.364. The maximum atomic E-state index is 13.0. The van der Waals surface area contributed by atoms with Crippen molar-refractivity contribution in [3.8, 4) is 5.75 Å². The molecule has 4 rings (SSSR count). The molecule has 0 spiro atoms. The largest absolute Gasteiger partial charge is 0.490 e. The molecule has 0 aliphatic carbocycles. The SMILES string of the molecule is CC1CCC(c2ccc3c(c2)OCCN3)N(C(=O)C(=O)NNC(=O)c2cccnc2)C1.